The third kappa shape index (κ3) is 3.80. The maximum atomic E-state index is 11.6. The second-order valence-corrected chi connectivity index (χ2v) is 4.03. The van der Waals surface area contributed by atoms with E-state index < -0.39 is 0 Å². The molecule has 0 saturated carbocycles. The van der Waals surface area contributed by atoms with E-state index in [0.29, 0.717) is 11.3 Å². The molecule has 4 nitrogen and oxygen atoms in total. The number of amides is 1. The van der Waals surface area contributed by atoms with Crippen molar-refractivity contribution >= 4 is 5.91 Å². The minimum Gasteiger partial charge on any atom is -0.484 e. The molecule has 0 unspecified atom stereocenters. The lowest BCUT2D eigenvalue weighted by Crippen LogP contribution is -2.36. The average molecular weight is 232 g/mol. The molecule has 0 saturated heterocycles. The Bertz CT molecular complexity index is 435. The highest BCUT2D eigenvalue weighted by atomic mass is 16.5. The van der Waals surface area contributed by atoms with Crippen molar-refractivity contribution in [3.8, 4) is 11.8 Å². The van der Waals surface area contributed by atoms with Crippen molar-refractivity contribution in [3.05, 3.63) is 29.8 Å². The molecule has 1 aromatic carbocycles. The molecule has 0 N–H and O–H groups in total. The van der Waals surface area contributed by atoms with Gasteiger partial charge in [-0.2, -0.15) is 5.26 Å². The number of nitriles is 1. The Morgan fingerprint density at radius 3 is 2.82 bits per heavy atom. The molecule has 1 rings (SSSR count). The number of hydrogen-bond donors (Lipinski definition) is 0. The van der Waals surface area contributed by atoms with Gasteiger partial charge in [-0.25, -0.2) is 0 Å². The molecule has 0 spiro atoms. The molecule has 17 heavy (non-hydrogen) atoms. The lowest BCUT2D eigenvalue weighted by molar-refractivity contribution is -0.133. The monoisotopic (exact) mass is 232 g/mol. The first-order valence-electron chi connectivity index (χ1n) is 5.43. The second kappa shape index (κ2) is 5.90. The van der Waals surface area contributed by atoms with Crippen molar-refractivity contribution in [2.24, 2.45) is 0 Å². The molecule has 0 aliphatic rings. The number of carbonyl (C=O) groups excluding carboxylic acids is 1. The second-order valence-electron chi connectivity index (χ2n) is 4.03. The minimum atomic E-state index is -0.0811. The normalized spacial score (nSPS) is 9.82. The number of rotatable bonds is 4. The highest BCUT2D eigenvalue weighted by Crippen LogP contribution is 2.12. The number of ether oxygens (including phenoxy) is 1. The van der Waals surface area contributed by atoms with E-state index in [9.17, 15) is 4.79 Å². The summed E-state index contributed by atoms with van der Waals surface area (Å²) in [4.78, 5) is 13.3. The molecule has 0 bridgehead atoms. The van der Waals surface area contributed by atoms with E-state index in [1.54, 1.807) is 36.2 Å². The van der Waals surface area contributed by atoms with E-state index >= 15 is 0 Å². The SMILES string of the molecule is CC(C)N(C)C(=O)COc1cccc(C#N)c1. The zero-order valence-corrected chi connectivity index (χ0v) is 10.3. The third-order valence-electron chi connectivity index (χ3n) is 2.49. The number of benzene rings is 1. The van der Waals surface area contributed by atoms with Crippen LogP contribution in [-0.2, 0) is 4.79 Å². The smallest absolute Gasteiger partial charge is 0.260 e. The Hall–Kier alpha value is -2.02. The van der Waals surface area contributed by atoms with Crippen LogP contribution in [0.15, 0.2) is 24.3 Å². The molecule has 1 amide bonds. The van der Waals surface area contributed by atoms with Crippen LogP contribution in [0.4, 0.5) is 0 Å². The van der Waals surface area contributed by atoms with Crippen LogP contribution in [0.3, 0.4) is 0 Å². The first kappa shape index (κ1) is 13.0. The predicted molar refractivity (Wildman–Crippen MR) is 64.6 cm³/mol. The first-order valence-corrected chi connectivity index (χ1v) is 5.43. The summed E-state index contributed by atoms with van der Waals surface area (Å²) in [5.74, 6) is 0.455. The van der Waals surface area contributed by atoms with Gasteiger partial charge < -0.3 is 9.64 Å². The van der Waals surface area contributed by atoms with Gasteiger partial charge in [0, 0.05) is 13.1 Å². The molecular formula is C13H16N2O2. The van der Waals surface area contributed by atoms with Crippen LogP contribution in [0.25, 0.3) is 0 Å². The van der Waals surface area contributed by atoms with Gasteiger partial charge in [0.05, 0.1) is 11.6 Å². The lowest BCUT2D eigenvalue weighted by atomic mass is 10.2. The molecule has 0 radical (unpaired) electrons. The zero-order valence-electron chi connectivity index (χ0n) is 10.3. The summed E-state index contributed by atoms with van der Waals surface area (Å²) < 4.78 is 5.34. The standard InChI is InChI=1S/C13H16N2O2/c1-10(2)15(3)13(16)9-17-12-6-4-5-11(7-12)8-14/h4-7,10H,9H2,1-3H3. The topological polar surface area (TPSA) is 53.3 Å². The van der Waals surface area contributed by atoms with Gasteiger partial charge in [0.2, 0.25) is 0 Å². The van der Waals surface area contributed by atoms with Gasteiger partial charge in [0.25, 0.3) is 5.91 Å². The van der Waals surface area contributed by atoms with E-state index in [2.05, 4.69) is 0 Å². The fourth-order valence-corrected chi connectivity index (χ4v) is 1.19. The highest BCUT2D eigenvalue weighted by molar-refractivity contribution is 5.77. The maximum Gasteiger partial charge on any atom is 0.260 e. The van der Waals surface area contributed by atoms with Crippen molar-refractivity contribution in [1.82, 2.24) is 4.90 Å². The van der Waals surface area contributed by atoms with Crippen LogP contribution < -0.4 is 4.74 Å². The molecule has 0 heterocycles. The Morgan fingerprint density at radius 2 is 2.24 bits per heavy atom. The van der Waals surface area contributed by atoms with Gasteiger partial charge in [0.15, 0.2) is 6.61 Å². The summed E-state index contributed by atoms with van der Waals surface area (Å²) in [7, 11) is 1.74. The molecule has 1 aromatic rings. The molecular weight excluding hydrogens is 216 g/mol. The van der Waals surface area contributed by atoms with Gasteiger partial charge in [0.1, 0.15) is 5.75 Å². The fraction of sp³-hybridized carbons (Fsp3) is 0.385. The van der Waals surface area contributed by atoms with Gasteiger partial charge >= 0.3 is 0 Å². The minimum absolute atomic E-state index is 0.0104. The van der Waals surface area contributed by atoms with Crippen molar-refractivity contribution in [2.45, 2.75) is 19.9 Å². The van der Waals surface area contributed by atoms with Gasteiger partial charge in [-0.05, 0) is 32.0 Å². The summed E-state index contributed by atoms with van der Waals surface area (Å²) >= 11 is 0. The quantitative estimate of drug-likeness (QED) is 0.795. The summed E-state index contributed by atoms with van der Waals surface area (Å²) in [6.07, 6.45) is 0. The Morgan fingerprint density at radius 1 is 1.53 bits per heavy atom. The molecule has 0 fully saturated rings. The van der Waals surface area contributed by atoms with E-state index in [1.165, 1.54) is 0 Å². The molecule has 0 aromatic heterocycles. The van der Waals surface area contributed by atoms with Crippen molar-refractivity contribution in [3.63, 3.8) is 0 Å². The Labute approximate surface area is 101 Å². The van der Waals surface area contributed by atoms with Gasteiger partial charge in [-0.1, -0.05) is 6.07 Å². The van der Waals surface area contributed by atoms with Crippen LogP contribution in [0, 0.1) is 11.3 Å². The van der Waals surface area contributed by atoms with Crippen LogP contribution in [-0.4, -0.2) is 30.5 Å². The van der Waals surface area contributed by atoms with Crippen molar-refractivity contribution in [1.29, 1.82) is 5.26 Å². The number of carbonyl (C=O) groups is 1. The molecule has 0 aliphatic carbocycles. The maximum absolute atomic E-state index is 11.6. The molecule has 0 atom stereocenters. The van der Waals surface area contributed by atoms with E-state index in [1.807, 2.05) is 19.9 Å². The van der Waals surface area contributed by atoms with Crippen LogP contribution in [0.1, 0.15) is 19.4 Å². The van der Waals surface area contributed by atoms with E-state index in [4.69, 9.17) is 10.00 Å². The zero-order chi connectivity index (χ0) is 12.8. The van der Waals surface area contributed by atoms with E-state index in [0.717, 1.165) is 0 Å². The number of hydrogen-bond acceptors (Lipinski definition) is 3. The average Bonchev–Trinajstić information content (AvgIpc) is 2.35. The number of nitrogens with zero attached hydrogens (tertiary/aromatic N) is 2. The largest absolute Gasteiger partial charge is 0.484 e. The van der Waals surface area contributed by atoms with E-state index in [-0.39, 0.29) is 18.6 Å². The first-order chi connectivity index (χ1) is 8.04. The lowest BCUT2D eigenvalue weighted by Gasteiger charge is -2.21. The Balaban J connectivity index is 2.56. The van der Waals surface area contributed by atoms with Crippen molar-refractivity contribution < 1.29 is 9.53 Å². The number of likely N-dealkylation sites (N-methyl/N-ethyl adjacent to an activating group) is 1. The van der Waals surface area contributed by atoms with Gasteiger partial charge in [-0.3, -0.25) is 4.79 Å². The molecule has 90 valence electrons. The van der Waals surface area contributed by atoms with Crippen molar-refractivity contribution in [2.75, 3.05) is 13.7 Å². The van der Waals surface area contributed by atoms with Crippen LogP contribution in [0.2, 0.25) is 0 Å². The third-order valence-corrected chi connectivity index (χ3v) is 2.49. The summed E-state index contributed by atoms with van der Waals surface area (Å²) in [6, 6.07) is 8.93. The fourth-order valence-electron chi connectivity index (χ4n) is 1.19. The summed E-state index contributed by atoms with van der Waals surface area (Å²) in [5.41, 5.74) is 0.521. The Kier molecular flexibility index (Phi) is 4.53. The van der Waals surface area contributed by atoms with Crippen LogP contribution in [0.5, 0.6) is 5.75 Å². The molecule has 4 heteroatoms. The predicted octanol–water partition coefficient (Wildman–Crippen LogP) is 1.80. The van der Waals surface area contributed by atoms with Crippen LogP contribution >= 0.6 is 0 Å². The summed E-state index contributed by atoms with van der Waals surface area (Å²) in [6.45, 7) is 3.87. The molecule has 0 aliphatic heterocycles. The van der Waals surface area contributed by atoms with Gasteiger partial charge in [-0.15, -0.1) is 0 Å². The highest BCUT2D eigenvalue weighted by Gasteiger charge is 2.12. The summed E-state index contributed by atoms with van der Waals surface area (Å²) in [5, 5.41) is 8.72.